The predicted molar refractivity (Wildman–Crippen MR) is 79.3 cm³/mol. The van der Waals surface area contributed by atoms with E-state index in [2.05, 4.69) is 30.3 Å². The fraction of sp³-hybridized carbons (Fsp3) is 0.471. The summed E-state index contributed by atoms with van der Waals surface area (Å²) in [6.07, 6.45) is 5.47. The van der Waals surface area contributed by atoms with Crippen LogP contribution in [0.4, 0.5) is 4.79 Å². The Morgan fingerprint density at radius 1 is 1.35 bits per heavy atom. The number of carbonyl (C=O) groups excluding carboxylic acids is 1. The van der Waals surface area contributed by atoms with E-state index in [4.69, 9.17) is 4.74 Å². The summed E-state index contributed by atoms with van der Waals surface area (Å²) >= 11 is 0. The molecule has 1 amide bonds. The minimum absolute atomic E-state index is 0.138. The van der Waals surface area contributed by atoms with Crippen molar-refractivity contribution in [3.05, 3.63) is 41.5 Å². The number of hydrogen-bond acceptors (Lipinski definition) is 2. The van der Waals surface area contributed by atoms with Crippen molar-refractivity contribution in [2.45, 2.75) is 32.2 Å². The van der Waals surface area contributed by atoms with Gasteiger partial charge >= 0.3 is 6.09 Å². The first-order valence-corrected chi connectivity index (χ1v) is 7.47. The average Bonchev–Trinajstić information content (AvgIpc) is 2.49. The van der Waals surface area contributed by atoms with E-state index >= 15 is 0 Å². The van der Waals surface area contributed by atoms with Crippen LogP contribution in [0.2, 0.25) is 0 Å². The van der Waals surface area contributed by atoms with Crippen LogP contribution >= 0.6 is 0 Å². The first kappa shape index (κ1) is 13.2. The maximum Gasteiger partial charge on any atom is 0.410 e. The van der Waals surface area contributed by atoms with Crippen molar-refractivity contribution in [2.24, 2.45) is 5.92 Å². The number of fused-ring (bicyclic) bond motifs is 3. The third kappa shape index (κ3) is 2.58. The summed E-state index contributed by atoms with van der Waals surface area (Å²) in [5, 5.41) is 0. The summed E-state index contributed by atoms with van der Waals surface area (Å²) in [4.78, 5) is 13.9. The van der Waals surface area contributed by atoms with Crippen molar-refractivity contribution in [3.63, 3.8) is 0 Å². The Labute approximate surface area is 120 Å². The Morgan fingerprint density at radius 2 is 2.15 bits per heavy atom. The van der Waals surface area contributed by atoms with Crippen molar-refractivity contribution >= 4 is 12.2 Å². The molecule has 1 aromatic carbocycles. The molecule has 2 heterocycles. The minimum Gasteiger partial charge on any atom is -0.450 e. The van der Waals surface area contributed by atoms with Gasteiger partial charge in [-0.2, -0.15) is 0 Å². The van der Waals surface area contributed by atoms with E-state index < -0.39 is 0 Å². The van der Waals surface area contributed by atoms with Gasteiger partial charge < -0.3 is 9.64 Å². The second-order valence-corrected chi connectivity index (χ2v) is 5.61. The SMILES string of the molecule is CCOC(=O)N1CC2CCC1CC2=Cc1ccccc1. The van der Waals surface area contributed by atoms with E-state index in [1.54, 1.807) is 0 Å². The van der Waals surface area contributed by atoms with Crippen molar-refractivity contribution in [1.82, 2.24) is 4.90 Å². The first-order chi connectivity index (χ1) is 9.78. The summed E-state index contributed by atoms with van der Waals surface area (Å²) in [5.74, 6) is 0.504. The highest BCUT2D eigenvalue weighted by Gasteiger charge is 2.39. The summed E-state index contributed by atoms with van der Waals surface area (Å²) in [6, 6.07) is 10.8. The molecule has 0 aromatic heterocycles. The number of benzene rings is 1. The van der Waals surface area contributed by atoms with Crippen molar-refractivity contribution in [2.75, 3.05) is 13.2 Å². The molecule has 2 atom stereocenters. The molecule has 0 spiro atoms. The summed E-state index contributed by atoms with van der Waals surface area (Å²) in [7, 11) is 0. The van der Waals surface area contributed by atoms with Gasteiger partial charge in [0.05, 0.1) is 6.61 Å². The van der Waals surface area contributed by atoms with Gasteiger partial charge in [-0.05, 0) is 37.7 Å². The van der Waals surface area contributed by atoms with Crippen LogP contribution in [-0.2, 0) is 4.74 Å². The van der Waals surface area contributed by atoms with Gasteiger partial charge in [-0.15, -0.1) is 0 Å². The Morgan fingerprint density at radius 3 is 2.80 bits per heavy atom. The van der Waals surface area contributed by atoms with Crippen molar-refractivity contribution in [3.8, 4) is 0 Å². The van der Waals surface area contributed by atoms with Crippen molar-refractivity contribution < 1.29 is 9.53 Å². The molecule has 1 saturated carbocycles. The largest absolute Gasteiger partial charge is 0.450 e. The number of piperidine rings is 2. The Hall–Kier alpha value is -1.77. The second-order valence-electron chi connectivity index (χ2n) is 5.61. The lowest BCUT2D eigenvalue weighted by atomic mass is 9.75. The fourth-order valence-corrected chi connectivity index (χ4v) is 3.35. The second kappa shape index (κ2) is 5.70. The number of rotatable bonds is 2. The number of amides is 1. The molecule has 3 nitrogen and oxygen atoms in total. The number of ether oxygens (including phenoxy) is 1. The number of carbonyl (C=O) groups is 1. The highest BCUT2D eigenvalue weighted by molar-refractivity contribution is 5.69. The number of nitrogens with zero attached hydrogens (tertiary/aromatic N) is 1. The Balaban J connectivity index is 1.74. The molecule has 4 rings (SSSR count). The predicted octanol–water partition coefficient (Wildman–Crippen LogP) is 3.71. The molecule has 3 fully saturated rings. The van der Waals surface area contributed by atoms with Crippen LogP contribution in [-0.4, -0.2) is 30.2 Å². The van der Waals surface area contributed by atoms with E-state index in [0.29, 0.717) is 18.6 Å². The normalized spacial score (nSPS) is 26.9. The molecule has 2 bridgehead atoms. The summed E-state index contributed by atoms with van der Waals surface area (Å²) < 4.78 is 5.16. The van der Waals surface area contributed by atoms with Crippen LogP contribution in [0.3, 0.4) is 0 Å². The average molecular weight is 271 g/mol. The van der Waals surface area contributed by atoms with Crippen LogP contribution in [0.25, 0.3) is 6.08 Å². The molecule has 3 heteroatoms. The number of hydrogen-bond donors (Lipinski definition) is 0. The first-order valence-electron chi connectivity index (χ1n) is 7.47. The molecular weight excluding hydrogens is 250 g/mol. The summed E-state index contributed by atoms with van der Waals surface area (Å²) in [6.45, 7) is 3.14. The zero-order valence-electron chi connectivity index (χ0n) is 11.9. The van der Waals surface area contributed by atoms with Gasteiger partial charge in [-0.25, -0.2) is 4.79 Å². The molecule has 0 radical (unpaired) electrons. The van der Waals surface area contributed by atoms with Gasteiger partial charge in [-0.1, -0.05) is 42.0 Å². The third-order valence-corrected chi connectivity index (χ3v) is 4.36. The van der Waals surface area contributed by atoms with Gasteiger partial charge in [-0.3, -0.25) is 0 Å². The highest BCUT2D eigenvalue weighted by atomic mass is 16.6. The van der Waals surface area contributed by atoms with E-state index in [1.165, 1.54) is 17.6 Å². The van der Waals surface area contributed by atoms with E-state index in [0.717, 1.165) is 19.4 Å². The molecule has 0 N–H and O–H groups in total. The minimum atomic E-state index is -0.138. The molecule has 1 aromatic rings. The zero-order valence-corrected chi connectivity index (χ0v) is 11.9. The van der Waals surface area contributed by atoms with Crippen LogP contribution in [0.5, 0.6) is 0 Å². The van der Waals surface area contributed by atoms with E-state index in [1.807, 2.05) is 17.9 Å². The van der Waals surface area contributed by atoms with Gasteiger partial charge in [0.25, 0.3) is 0 Å². The smallest absolute Gasteiger partial charge is 0.410 e. The molecular formula is C17H21NO2. The Kier molecular flexibility index (Phi) is 3.77. The standard InChI is InChI=1S/C17H21NO2/c1-2-20-17(19)18-12-14-8-9-16(18)11-15(14)10-13-6-4-3-5-7-13/h3-7,10,14,16H,2,8-9,11-12H2,1H3. The van der Waals surface area contributed by atoms with Gasteiger partial charge in [0.2, 0.25) is 0 Å². The quantitative estimate of drug-likeness (QED) is 0.820. The van der Waals surface area contributed by atoms with Crippen molar-refractivity contribution in [1.29, 1.82) is 0 Å². The van der Waals surface area contributed by atoms with Gasteiger partial charge in [0.1, 0.15) is 0 Å². The molecule has 106 valence electrons. The van der Waals surface area contributed by atoms with Gasteiger partial charge in [0.15, 0.2) is 0 Å². The maximum atomic E-state index is 11.9. The lowest BCUT2D eigenvalue weighted by Crippen LogP contribution is -2.51. The third-order valence-electron chi connectivity index (χ3n) is 4.36. The van der Waals surface area contributed by atoms with Gasteiger partial charge in [0, 0.05) is 12.6 Å². The zero-order chi connectivity index (χ0) is 13.9. The topological polar surface area (TPSA) is 29.5 Å². The fourth-order valence-electron chi connectivity index (χ4n) is 3.35. The molecule has 1 aliphatic carbocycles. The molecule has 2 aliphatic heterocycles. The molecule has 20 heavy (non-hydrogen) atoms. The monoisotopic (exact) mass is 271 g/mol. The molecule has 2 saturated heterocycles. The molecule has 2 unspecified atom stereocenters. The lowest BCUT2D eigenvalue weighted by molar-refractivity contribution is 0.0518. The van der Waals surface area contributed by atoms with Crippen LogP contribution < -0.4 is 0 Å². The van der Waals surface area contributed by atoms with E-state index in [-0.39, 0.29) is 6.09 Å². The van der Waals surface area contributed by atoms with Crippen LogP contribution in [0, 0.1) is 5.92 Å². The van der Waals surface area contributed by atoms with Crippen LogP contribution in [0.1, 0.15) is 31.7 Å². The Bertz CT molecular complexity index is 509. The lowest BCUT2D eigenvalue weighted by Gasteiger charge is -2.46. The van der Waals surface area contributed by atoms with Crippen LogP contribution in [0.15, 0.2) is 35.9 Å². The van der Waals surface area contributed by atoms with E-state index in [9.17, 15) is 4.79 Å². The molecule has 3 aliphatic rings. The highest BCUT2D eigenvalue weighted by Crippen LogP contribution is 2.40. The summed E-state index contributed by atoms with van der Waals surface area (Å²) in [5.41, 5.74) is 2.76. The maximum absolute atomic E-state index is 11.9.